The van der Waals surface area contributed by atoms with Crippen LogP contribution in [0.2, 0.25) is 0 Å². The second kappa shape index (κ2) is 10.6. The molecule has 152 valence electrons. The average molecular weight is 621 g/mol. The summed E-state index contributed by atoms with van der Waals surface area (Å²) in [6, 6.07) is 7.54. The van der Waals surface area contributed by atoms with Crippen molar-refractivity contribution >= 4 is 69.2 Å². The van der Waals surface area contributed by atoms with Crippen LogP contribution in [0.5, 0.6) is 11.5 Å². The van der Waals surface area contributed by atoms with Crippen LogP contribution < -0.4 is 14.6 Å². The molecular formula is C20H15I2O7-. The third-order valence-corrected chi connectivity index (χ3v) is 5.11. The van der Waals surface area contributed by atoms with Gasteiger partial charge in [-0.15, -0.1) is 0 Å². The Hall–Kier alpha value is -2.15. The molecule has 2 aromatic rings. The molecule has 29 heavy (non-hydrogen) atoms. The van der Waals surface area contributed by atoms with Crippen molar-refractivity contribution in [3.63, 3.8) is 0 Å². The number of carbonyl (C=O) groups is 3. The summed E-state index contributed by atoms with van der Waals surface area (Å²) in [5, 5.41) is 11.0. The number of carboxylic acid groups (broad SMARTS) is 1. The number of hydrogen-bond donors (Lipinski definition) is 0. The minimum absolute atomic E-state index is 0.0481. The van der Waals surface area contributed by atoms with Crippen LogP contribution in [0.25, 0.3) is 6.08 Å². The molecule has 0 bridgehead atoms. The molecule has 0 N–H and O–H groups in total. The van der Waals surface area contributed by atoms with E-state index in [9.17, 15) is 19.5 Å². The number of carboxylic acids is 1. The Morgan fingerprint density at radius 2 is 1.76 bits per heavy atom. The number of esters is 2. The molecule has 0 amide bonds. The fraction of sp³-hybridized carbons (Fsp3) is 0.150. The van der Waals surface area contributed by atoms with Crippen molar-refractivity contribution in [2.75, 3.05) is 13.2 Å². The Bertz CT molecular complexity index is 946. The van der Waals surface area contributed by atoms with Crippen molar-refractivity contribution in [3.8, 4) is 11.5 Å². The van der Waals surface area contributed by atoms with Gasteiger partial charge in [0.1, 0.15) is 30.3 Å². The first kappa shape index (κ1) is 23.1. The largest absolute Gasteiger partial charge is 0.545 e. The van der Waals surface area contributed by atoms with Crippen LogP contribution >= 0.6 is 45.2 Å². The number of hydrogen-bond acceptors (Lipinski definition) is 7. The molecule has 0 atom stereocenters. The summed E-state index contributed by atoms with van der Waals surface area (Å²) < 4.78 is 17.1. The summed E-state index contributed by atoms with van der Waals surface area (Å²) in [5.41, 5.74) is 0.818. The molecule has 0 aliphatic heterocycles. The lowest BCUT2D eigenvalue weighted by Crippen LogP contribution is -2.22. The van der Waals surface area contributed by atoms with Gasteiger partial charge in [0.05, 0.1) is 13.1 Å². The minimum atomic E-state index is -1.27. The third-order valence-electron chi connectivity index (χ3n) is 3.51. The Kier molecular flexibility index (Phi) is 8.44. The first-order chi connectivity index (χ1) is 13.7. The lowest BCUT2D eigenvalue weighted by molar-refractivity contribution is -0.255. The fourth-order valence-corrected chi connectivity index (χ4v) is 4.33. The van der Waals surface area contributed by atoms with E-state index in [1.54, 1.807) is 12.1 Å². The van der Waals surface area contributed by atoms with E-state index in [0.717, 1.165) is 0 Å². The Labute approximate surface area is 194 Å². The van der Waals surface area contributed by atoms with Crippen molar-refractivity contribution in [2.45, 2.75) is 6.92 Å². The molecule has 0 saturated heterocycles. The molecule has 7 nitrogen and oxygen atoms in total. The highest BCUT2D eigenvalue weighted by Crippen LogP contribution is 2.29. The quantitative estimate of drug-likeness (QED) is 0.193. The smallest absolute Gasteiger partial charge is 0.342 e. The predicted molar refractivity (Wildman–Crippen MR) is 120 cm³/mol. The topological polar surface area (TPSA) is 102 Å². The maximum Gasteiger partial charge on any atom is 0.342 e. The molecule has 0 fully saturated rings. The zero-order valence-corrected chi connectivity index (χ0v) is 19.5. The van der Waals surface area contributed by atoms with E-state index in [4.69, 9.17) is 14.2 Å². The van der Waals surface area contributed by atoms with E-state index in [2.05, 4.69) is 6.58 Å². The van der Waals surface area contributed by atoms with Crippen molar-refractivity contribution in [3.05, 3.63) is 60.7 Å². The number of rotatable bonds is 8. The highest BCUT2D eigenvalue weighted by molar-refractivity contribution is 14.1. The molecule has 2 rings (SSSR count). The lowest BCUT2D eigenvalue weighted by Gasteiger charge is -2.13. The summed E-state index contributed by atoms with van der Waals surface area (Å²) in [6.45, 7) is 4.86. The molecule has 0 spiro atoms. The van der Waals surface area contributed by atoms with Crippen molar-refractivity contribution < 1.29 is 33.7 Å². The minimum Gasteiger partial charge on any atom is -0.545 e. The maximum atomic E-state index is 12.4. The second-order valence-electron chi connectivity index (χ2n) is 5.59. The van der Waals surface area contributed by atoms with Crippen LogP contribution in [0.3, 0.4) is 0 Å². The zero-order valence-electron chi connectivity index (χ0n) is 15.2. The van der Waals surface area contributed by atoms with Crippen molar-refractivity contribution in [1.29, 1.82) is 0 Å². The second-order valence-corrected chi connectivity index (χ2v) is 7.92. The highest BCUT2D eigenvalue weighted by Gasteiger charge is 2.17. The van der Waals surface area contributed by atoms with E-state index in [-0.39, 0.29) is 30.1 Å². The van der Waals surface area contributed by atoms with Gasteiger partial charge < -0.3 is 24.1 Å². The summed E-state index contributed by atoms with van der Waals surface area (Å²) in [7, 11) is 0. The van der Waals surface area contributed by atoms with Crippen LogP contribution in [-0.2, 0) is 9.53 Å². The molecule has 0 saturated carbocycles. The monoisotopic (exact) mass is 621 g/mol. The van der Waals surface area contributed by atoms with E-state index < -0.39 is 17.9 Å². The highest BCUT2D eigenvalue weighted by atomic mass is 127. The molecule has 9 heteroatoms. The molecule has 0 unspecified atom stereocenters. The summed E-state index contributed by atoms with van der Waals surface area (Å²) in [4.78, 5) is 34.6. The van der Waals surface area contributed by atoms with Crippen LogP contribution in [0.4, 0.5) is 0 Å². The van der Waals surface area contributed by atoms with Crippen LogP contribution in [0, 0.1) is 7.14 Å². The fourth-order valence-electron chi connectivity index (χ4n) is 2.25. The van der Waals surface area contributed by atoms with Gasteiger partial charge in [0.25, 0.3) is 0 Å². The van der Waals surface area contributed by atoms with Gasteiger partial charge in [-0.2, -0.15) is 0 Å². The van der Waals surface area contributed by atoms with Crippen LogP contribution in [0.1, 0.15) is 33.2 Å². The maximum absolute atomic E-state index is 12.4. The van der Waals surface area contributed by atoms with E-state index >= 15 is 0 Å². The summed E-state index contributed by atoms with van der Waals surface area (Å²) >= 11 is 3.91. The zero-order chi connectivity index (χ0) is 21.6. The van der Waals surface area contributed by atoms with E-state index in [0.29, 0.717) is 18.5 Å². The summed E-state index contributed by atoms with van der Waals surface area (Å²) in [6.07, 6.45) is 1.55. The molecule has 2 aromatic carbocycles. The molecule has 0 radical (unpaired) electrons. The molecule has 0 aliphatic carbocycles. The molecular weight excluding hydrogens is 606 g/mol. The Balaban J connectivity index is 2.03. The van der Waals surface area contributed by atoms with Crippen molar-refractivity contribution in [1.82, 2.24) is 0 Å². The van der Waals surface area contributed by atoms with E-state index in [1.165, 1.54) is 31.2 Å². The number of benzene rings is 2. The molecule has 0 heterocycles. The SMILES string of the molecule is C=Cc1ccc(OC(C)=O)c(C(=O)OCCOc2c(I)cc(C(=O)[O-])cc2I)c1. The van der Waals surface area contributed by atoms with Crippen LogP contribution in [-0.4, -0.2) is 31.1 Å². The van der Waals surface area contributed by atoms with Gasteiger partial charge in [-0.05, 0) is 80.6 Å². The van der Waals surface area contributed by atoms with Crippen LogP contribution in [0.15, 0.2) is 36.9 Å². The van der Waals surface area contributed by atoms with Gasteiger partial charge in [-0.25, -0.2) is 4.79 Å². The van der Waals surface area contributed by atoms with Gasteiger partial charge in [-0.1, -0.05) is 18.7 Å². The van der Waals surface area contributed by atoms with Gasteiger partial charge in [0, 0.05) is 6.92 Å². The Morgan fingerprint density at radius 3 is 2.31 bits per heavy atom. The average Bonchev–Trinajstić information content (AvgIpc) is 2.66. The number of ether oxygens (including phenoxy) is 3. The molecule has 0 aromatic heterocycles. The van der Waals surface area contributed by atoms with Gasteiger partial charge in [-0.3, -0.25) is 4.79 Å². The molecule has 0 aliphatic rings. The first-order valence-electron chi connectivity index (χ1n) is 8.18. The Morgan fingerprint density at radius 1 is 1.10 bits per heavy atom. The van der Waals surface area contributed by atoms with Gasteiger partial charge in [0.2, 0.25) is 0 Å². The van der Waals surface area contributed by atoms with E-state index in [1.807, 2.05) is 45.2 Å². The van der Waals surface area contributed by atoms with Crippen molar-refractivity contribution in [2.24, 2.45) is 0 Å². The standard InChI is InChI=1S/C20H16I2O7/c1-3-12-4-5-17(29-11(2)23)14(8-12)20(26)28-7-6-27-18-15(21)9-13(19(24)25)10-16(18)22/h3-5,8-10H,1,6-7H2,2H3,(H,24,25)/p-1. The third kappa shape index (κ3) is 6.42. The first-order valence-corrected chi connectivity index (χ1v) is 10.3. The number of halogens is 2. The van der Waals surface area contributed by atoms with Gasteiger partial charge in [0.15, 0.2) is 0 Å². The van der Waals surface area contributed by atoms with Gasteiger partial charge >= 0.3 is 11.9 Å². The normalized spacial score (nSPS) is 10.2. The lowest BCUT2D eigenvalue weighted by atomic mass is 10.1. The number of carbonyl (C=O) groups excluding carboxylic acids is 3. The number of aromatic carboxylic acids is 1. The predicted octanol–water partition coefficient (Wildman–Crippen LogP) is 3.06. The summed E-state index contributed by atoms with van der Waals surface area (Å²) in [5.74, 6) is -1.92.